The van der Waals surface area contributed by atoms with Crippen LogP contribution in [-0.2, 0) is 12.2 Å². The molecule has 1 unspecified atom stereocenters. The van der Waals surface area contributed by atoms with Gasteiger partial charge in [-0.05, 0) is 11.7 Å². The van der Waals surface area contributed by atoms with Crippen molar-refractivity contribution >= 4 is 11.8 Å². The van der Waals surface area contributed by atoms with E-state index in [1.165, 1.54) is 0 Å². The number of nitrogens with zero attached hydrogens (tertiary/aromatic N) is 2. The lowest BCUT2D eigenvalue weighted by Crippen LogP contribution is -2.36. The molecule has 4 nitrogen and oxygen atoms in total. The molecular weight excluding hydrogens is 210 g/mol. The van der Waals surface area contributed by atoms with E-state index in [1.54, 1.807) is 11.8 Å². The molecule has 1 aromatic heterocycles. The van der Waals surface area contributed by atoms with E-state index in [4.69, 9.17) is 10.3 Å². The largest absolute Gasteiger partial charge is 0.339 e. The summed E-state index contributed by atoms with van der Waals surface area (Å²) in [5, 5.41) is 3.88. The van der Waals surface area contributed by atoms with Crippen molar-refractivity contribution in [2.24, 2.45) is 11.1 Å². The quantitative estimate of drug-likeness (QED) is 0.853. The molecule has 86 valence electrons. The van der Waals surface area contributed by atoms with Crippen LogP contribution < -0.4 is 5.73 Å². The Morgan fingerprint density at radius 1 is 1.47 bits per heavy atom. The fraction of sp³-hybridized carbons (Fsp3) is 0.800. The molecular formula is C10H19N3OS. The first-order valence-corrected chi connectivity index (χ1v) is 6.39. The molecule has 0 aliphatic rings. The van der Waals surface area contributed by atoms with Gasteiger partial charge < -0.3 is 10.3 Å². The van der Waals surface area contributed by atoms with Crippen molar-refractivity contribution < 1.29 is 4.52 Å². The summed E-state index contributed by atoms with van der Waals surface area (Å²) < 4.78 is 5.13. The molecule has 0 fully saturated rings. The van der Waals surface area contributed by atoms with Gasteiger partial charge in [-0.3, -0.25) is 0 Å². The molecule has 1 heterocycles. The Hall–Kier alpha value is -0.550. The smallest absolute Gasteiger partial charge is 0.228 e. The highest BCUT2D eigenvalue weighted by Gasteiger charge is 2.23. The van der Waals surface area contributed by atoms with E-state index in [2.05, 4.69) is 30.9 Å². The summed E-state index contributed by atoms with van der Waals surface area (Å²) in [6, 6.07) is 0.0417. The van der Waals surface area contributed by atoms with Crippen LogP contribution in [0.2, 0.25) is 0 Å². The van der Waals surface area contributed by atoms with E-state index in [-0.39, 0.29) is 11.5 Å². The van der Waals surface area contributed by atoms with Gasteiger partial charge in [0.25, 0.3) is 0 Å². The molecule has 0 saturated carbocycles. The van der Waals surface area contributed by atoms with Gasteiger partial charge in [0, 0.05) is 12.5 Å². The number of thioether (sulfide) groups is 1. The lowest BCUT2D eigenvalue weighted by Gasteiger charge is -2.25. The van der Waals surface area contributed by atoms with Crippen LogP contribution in [-0.4, -0.2) is 22.4 Å². The average molecular weight is 229 g/mol. The molecule has 1 aromatic rings. The fourth-order valence-electron chi connectivity index (χ4n) is 1.06. The van der Waals surface area contributed by atoms with Crippen molar-refractivity contribution in [3.8, 4) is 0 Å². The van der Waals surface area contributed by atoms with E-state index in [9.17, 15) is 0 Å². The second-order valence-electron chi connectivity index (χ2n) is 4.71. The first kappa shape index (κ1) is 12.5. The summed E-state index contributed by atoms with van der Waals surface area (Å²) in [5.74, 6) is 2.17. The maximum atomic E-state index is 6.03. The van der Waals surface area contributed by atoms with Gasteiger partial charge >= 0.3 is 0 Å². The highest BCUT2D eigenvalue weighted by molar-refractivity contribution is 7.97. The predicted octanol–water partition coefficient (Wildman–Crippen LogP) is 1.85. The molecule has 0 aromatic carbocycles. The second-order valence-corrected chi connectivity index (χ2v) is 5.58. The first-order chi connectivity index (χ1) is 6.93. The van der Waals surface area contributed by atoms with Gasteiger partial charge in [0.1, 0.15) is 0 Å². The fourth-order valence-corrected chi connectivity index (χ4v) is 1.43. The van der Waals surface area contributed by atoms with Crippen LogP contribution in [0, 0.1) is 5.41 Å². The van der Waals surface area contributed by atoms with Gasteiger partial charge in [0.15, 0.2) is 5.82 Å². The third-order valence-electron chi connectivity index (χ3n) is 2.29. The highest BCUT2D eigenvalue weighted by atomic mass is 32.2. The van der Waals surface area contributed by atoms with Gasteiger partial charge in [0.2, 0.25) is 5.89 Å². The SMILES string of the molecule is CSCc1noc(CC(N)C(C)(C)C)n1. The lowest BCUT2D eigenvalue weighted by molar-refractivity contribution is 0.285. The number of nitrogens with two attached hydrogens (primary N) is 1. The monoisotopic (exact) mass is 229 g/mol. The van der Waals surface area contributed by atoms with Crippen LogP contribution in [0.15, 0.2) is 4.52 Å². The number of hydrogen-bond donors (Lipinski definition) is 1. The van der Waals surface area contributed by atoms with E-state index in [0.29, 0.717) is 12.3 Å². The van der Waals surface area contributed by atoms with Crippen LogP contribution in [0.25, 0.3) is 0 Å². The molecule has 0 radical (unpaired) electrons. The molecule has 5 heteroatoms. The standard InChI is InChI=1S/C10H19N3OS/c1-10(2,3)7(11)5-9-12-8(6-15-4)13-14-9/h7H,5-6,11H2,1-4H3. The molecule has 0 amide bonds. The van der Waals surface area contributed by atoms with Crippen LogP contribution in [0.5, 0.6) is 0 Å². The third-order valence-corrected chi connectivity index (χ3v) is 2.84. The van der Waals surface area contributed by atoms with E-state index < -0.39 is 0 Å². The van der Waals surface area contributed by atoms with Crippen molar-refractivity contribution in [1.82, 2.24) is 10.1 Å². The van der Waals surface area contributed by atoms with Gasteiger partial charge in [-0.25, -0.2) is 0 Å². The van der Waals surface area contributed by atoms with Gasteiger partial charge in [-0.1, -0.05) is 25.9 Å². The number of hydrogen-bond acceptors (Lipinski definition) is 5. The molecule has 2 N–H and O–H groups in total. The minimum Gasteiger partial charge on any atom is -0.339 e. The van der Waals surface area contributed by atoms with E-state index in [0.717, 1.165) is 11.6 Å². The molecule has 0 spiro atoms. The number of rotatable bonds is 4. The van der Waals surface area contributed by atoms with Crippen molar-refractivity contribution in [2.45, 2.75) is 39.0 Å². The summed E-state index contributed by atoms with van der Waals surface area (Å²) in [7, 11) is 0. The van der Waals surface area contributed by atoms with Crippen LogP contribution in [0.4, 0.5) is 0 Å². The zero-order valence-electron chi connectivity index (χ0n) is 9.78. The maximum absolute atomic E-state index is 6.03. The predicted molar refractivity (Wildman–Crippen MR) is 62.7 cm³/mol. The average Bonchev–Trinajstić information content (AvgIpc) is 2.51. The maximum Gasteiger partial charge on any atom is 0.228 e. The Morgan fingerprint density at radius 3 is 2.67 bits per heavy atom. The summed E-state index contributed by atoms with van der Waals surface area (Å²) in [6.07, 6.45) is 2.65. The Kier molecular flexibility index (Phi) is 4.16. The molecule has 1 rings (SSSR count). The minimum absolute atomic E-state index is 0.0417. The topological polar surface area (TPSA) is 64.9 Å². The molecule has 15 heavy (non-hydrogen) atoms. The van der Waals surface area contributed by atoms with Crippen molar-refractivity contribution in [3.05, 3.63) is 11.7 Å². The van der Waals surface area contributed by atoms with Crippen LogP contribution >= 0.6 is 11.8 Å². The highest BCUT2D eigenvalue weighted by Crippen LogP contribution is 2.20. The summed E-state index contributed by atoms with van der Waals surface area (Å²) >= 11 is 1.68. The van der Waals surface area contributed by atoms with Crippen LogP contribution in [0.3, 0.4) is 0 Å². The van der Waals surface area contributed by atoms with Gasteiger partial charge in [-0.15, -0.1) is 0 Å². The molecule has 0 aliphatic heterocycles. The molecule has 1 atom stereocenters. The van der Waals surface area contributed by atoms with E-state index in [1.807, 2.05) is 6.26 Å². The van der Waals surface area contributed by atoms with Crippen molar-refractivity contribution in [3.63, 3.8) is 0 Å². The summed E-state index contributed by atoms with van der Waals surface area (Å²) in [4.78, 5) is 4.27. The zero-order chi connectivity index (χ0) is 11.5. The Balaban J connectivity index is 2.57. The number of aromatic nitrogens is 2. The van der Waals surface area contributed by atoms with Gasteiger partial charge in [0.05, 0.1) is 5.75 Å². The van der Waals surface area contributed by atoms with Gasteiger partial charge in [-0.2, -0.15) is 16.7 Å². The minimum atomic E-state index is 0.0417. The third kappa shape index (κ3) is 3.83. The normalized spacial score (nSPS) is 14.2. The second kappa shape index (κ2) is 4.99. The van der Waals surface area contributed by atoms with Crippen LogP contribution in [0.1, 0.15) is 32.5 Å². The van der Waals surface area contributed by atoms with Crippen molar-refractivity contribution in [1.29, 1.82) is 0 Å². The first-order valence-electron chi connectivity index (χ1n) is 4.99. The molecule has 0 saturated heterocycles. The summed E-state index contributed by atoms with van der Waals surface area (Å²) in [6.45, 7) is 6.32. The Bertz CT molecular complexity index is 306. The van der Waals surface area contributed by atoms with E-state index >= 15 is 0 Å². The molecule has 0 bridgehead atoms. The van der Waals surface area contributed by atoms with Crippen molar-refractivity contribution in [2.75, 3.05) is 6.26 Å². The zero-order valence-corrected chi connectivity index (χ0v) is 10.6. The Labute approximate surface area is 95.0 Å². The summed E-state index contributed by atoms with van der Waals surface area (Å²) in [5.41, 5.74) is 6.10. The Morgan fingerprint density at radius 2 is 2.13 bits per heavy atom. The lowest BCUT2D eigenvalue weighted by atomic mass is 9.85. The molecule has 0 aliphatic carbocycles.